The Hall–Kier alpha value is -2.89. The predicted molar refractivity (Wildman–Crippen MR) is 247 cm³/mol. The van der Waals surface area contributed by atoms with Crippen LogP contribution in [0.15, 0.2) is 60.8 Å². The van der Waals surface area contributed by atoms with Crippen LogP contribution in [0.5, 0.6) is 0 Å². The molecule has 0 spiro atoms. The Morgan fingerprint density at radius 2 is 0.672 bits per heavy atom. The van der Waals surface area contributed by atoms with Gasteiger partial charge in [-0.2, -0.15) is 0 Å². The third-order valence-corrected chi connectivity index (χ3v) is 10.3. The summed E-state index contributed by atoms with van der Waals surface area (Å²) in [7, 11) is 0. The van der Waals surface area contributed by atoms with Crippen molar-refractivity contribution in [1.29, 1.82) is 0 Å². The van der Waals surface area contributed by atoms with E-state index >= 15 is 0 Å². The van der Waals surface area contributed by atoms with E-state index in [0.717, 1.165) is 96.3 Å². The first-order valence-electron chi connectivity index (χ1n) is 24.3. The van der Waals surface area contributed by atoms with E-state index in [2.05, 4.69) is 81.5 Å². The van der Waals surface area contributed by atoms with E-state index in [1.165, 1.54) is 96.3 Å². The molecule has 0 bridgehead atoms. The van der Waals surface area contributed by atoms with Gasteiger partial charge in [-0.1, -0.05) is 210 Å². The lowest BCUT2D eigenvalue weighted by Gasteiger charge is -2.18. The summed E-state index contributed by atoms with van der Waals surface area (Å²) >= 11 is 0. The van der Waals surface area contributed by atoms with Gasteiger partial charge in [0.05, 0.1) is 0 Å². The summed E-state index contributed by atoms with van der Waals surface area (Å²) in [6, 6.07) is 0. The standard InChI is InChI=1S/C52H90O6/c1-4-7-10-13-16-18-20-21-22-23-24-25-26-27-28-29-30-31-32-34-36-39-42-45-51(54)57-48-49(47-56-50(53)44-41-38-35-15-12-9-6-3)58-52(55)46-43-40-37-33-19-17-14-11-8-5-2/h7,10,16,18,21-22,24-25,27-28,49H,4-6,8-9,11-15,17,19-20,23,26,29-48H2,1-3H3/b10-7-,18-16-,22-21-,25-24-,28-27-. The summed E-state index contributed by atoms with van der Waals surface area (Å²) < 4.78 is 16.7. The molecule has 1 atom stereocenters. The Labute approximate surface area is 358 Å². The van der Waals surface area contributed by atoms with Gasteiger partial charge in [0.2, 0.25) is 0 Å². The van der Waals surface area contributed by atoms with Crippen LogP contribution in [-0.4, -0.2) is 37.2 Å². The second kappa shape index (κ2) is 46.8. The monoisotopic (exact) mass is 811 g/mol. The molecule has 0 aromatic heterocycles. The number of hydrogen-bond acceptors (Lipinski definition) is 6. The maximum Gasteiger partial charge on any atom is 0.306 e. The molecule has 0 heterocycles. The van der Waals surface area contributed by atoms with Gasteiger partial charge in [0, 0.05) is 19.3 Å². The molecule has 0 aliphatic rings. The third kappa shape index (κ3) is 44.2. The number of hydrogen-bond donors (Lipinski definition) is 0. The summed E-state index contributed by atoms with van der Waals surface area (Å²) in [5, 5.41) is 0. The first-order chi connectivity index (χ1) is 28.5. The smallest absolute Gasteiger partial charge is 0.306 e. The van der Waals surface area contributed by atoms with E-state index in [9.17, 15) is 14.4 Å². The number of esters is 3. The third-order valence-electron chi connectivity index (χ3n) is 10.3. The zero-order chi connectivity index (χ0) is 42.3. The lowest BCUT2D eigenvalue weighted by Crippen LogP contribution is -2.30. The number of ether oxygens (including phenoxy) is 3. The van der Waals surface area contributed by atoms with Crippen LogP contribution in [0, 0.1) is 0 Å². The van der Waals surface area contributed by atoms with Crippen LogP contribution in [0.2, 0.25) is 0 Å². The normalized spacial score (nSPS) is 12.5. The molecule has 1 unspecified atom stereocenters. The second-order valence-electron chi connectivity index (χ2n) is 16.0. The quantitative estimate of drug-likeness (QED) is 0.0264. The maximum atomic E-state index is 12.7. The minimum Gasteiger partial charge on any atom is -0.462 e. The van der Waals surface area contributed by atoms with Crippen molar-refractivity contribution in [3.63, 3.8) is 0 Å². The van der Waals surface area contributed by atoms with Crippen molar-refractivity contribution < 1.29 is 28.6 Å². The van der Waals surface area contributed by atoms with Crippen molar-refractivity contribution in [2.24, 2.45) is 0 Å². The number of unbranched alkanes of at least 4 members (excludes halogenated alkanes) is 22. The van der Waals surface area contributed by atoms with Crippen molar-refractivity contribution >= 4 is 17.9 Å². The first-order valence-corrected chi connectivity index (χ1v) is 24.3. The molecular formula is C52H90O6. The Balaban J connectivity index is 4.20. The van der Waals surface area contributed by atoms with E-state index in [1.54, 1.807) is 0 Å². The van der Waals surface area contributed by atoms with Crippen molar-refractivity contribution in [1.82, 2.24) is 0 Å². The van der Waals surface area contributed by atoms with Crippen LogP contribution >= 0.6 is 0 Å². The van der Waals surface area contributed by atoms with Crippen LogP contribution in [0.25, 0.3) is 0 Å². The summed E-state index contributed by atoms with van der Waals surface area (Å²) in [6.45, 7) is 6.45. The number of carbonyl (C=O) groups is 3. The van der Waals surface area contributed by atoms with Gasteiger partial charge in [-0.15, -0.1) is 0 Å². The molecule has 0 saturated carbocycles. The summed E-state index contributed by atoms with van der Waals surface area (Å²) in [5.41, 5.74) is 0. The Bertz CT molecular complexity index is 1070. The van der Waals surface area contributed by atoms with Crippen molar-refractivity contribution in [2.75, 3.05) is 13.2 Å². The highest BCUT2D eigenvalue weighted by molar-refractivity contribution is 5.71. The molecule has 0 radical (unpaired) electrons. The predicted octanol–water partition coefficient (Wildman–Crippen LogP) is 15.7. The average Bonchev–Trinajstić information content (AvgIpc) is 3.22. The highest BCUT2D eigenvalue weighted by Gasteiger charge is 2.19. The molecule has 0 N–H and O–H groups in total. The molecule has 0 aliphatic heterocycles. The summed E-state index contributed by atoms with van der Waals surface area (Å²) in [5.74, 6) is -0.895. The van der Waals surface area contributed by atoms with E-state index in [-0.39, 0.29) is 31.1 Å². The van der Waals surface area contributed by atoms with E-state index in [1.807, 2.05) is 0 Å². The van der Waals surface area contributed by atoms with E-state index in [0.29, 0.717) is 19.3 Å². The van der Waals surface area contributed by atoms with Crippen LogP contribution in [-0.2, 0) is 28.6 Å². The van der Waals surface area contributed by atoms with Crippen LogP contribution in [0.4, 0.5) is 0 Å². The fourth-order valence-electron chi connectivity index (χ4n) is 6.64. The first kappa shape index (κ1) is 55.1. The second-order valence-corrected chi connectivity index (χ2v) is 16.0. The molecule has 0 fully saturated rings. The highest BCUT2D eigenvalue weighted by atomic mass is 16.6. The zero-order valence-electron chi connectivity index (χ0n) is 38.0. The molecule has 334 valence electrons. The minimum atomic E-state index is -0.771. The van der Waals surface area contributed by atoms with Crippen molar-refractivity contribution in [2.45, 2.75) is 239 Å². The molecule has 0 amide bonds. The molecule has 58 heavy (non-hydrogen) atoms. The van der Waals surface area contributed by atoms with Gasteiger partial charge in [-0.05, 0) is 64.2 Å². The highest BCUT2D eigenvalue weighted by Crippen LogP contribution is 2.14. The lowest BCUT2D eigenvalue weighted by atomic mass is 10.1. The zero-order valence-corrected chi connectivity index (χ0v) is 38.0. The maximum absolute atomic E-state index is 12.7. The summed E-state index contributed by atoms with van der Waals surface area (Å²) in [6.07, 6.45) is 56.5. The topological polar surface area (TPSA) is 78.9 Å². The number of allylic oxidation sites excluding steroid dienone is 10. The summed E-state index contributed by atoms with van der Waals surface area (Å²) in [4.78, 5) is 37.6. The van der Waals surface area contributed by atoms with Crippen molar-refractivity contribution in [3.8, 4) is 0 Å². The lowest BCUT2D eigenvalue weighted by molar-refractivity contribution is -0.167. The SMILES string of the molecule is CC/C=C\C/C=C\C/C=C\C/C=C\C/C=C\CCCCCCCCCC(=O)OCC(COC(=O)CCCCCCCCC)OC(=O)CCCCCCCCCCCC. The van der Waals surface area contributed by atoms with Crippen LogP contribution < -0.4 is 0 Å². The molecule has 6 heteroatoms. The van der Waals surface area contributed by atoms with Gasteiger partial charge in [0.15, 0.2) is 6.10 Å². The largest absolute Gasteiger partial charge is 0.462 e. The van der Waals surface area contributed by atoms with Gasteiger partial charge in [-0.3, -0.25) is 14.4 Å². The number of carbonyl (C=O) groups excluding carboxylic acids is 3. The van der Waals surface area contributed by atoms with Crippen LogP contribution in [0.1, 0.15) is 233 Å². The molecule has 6 nitrogen and oxygen atoms in total. The average molecular weight is 811 g/mol. The molecule has 0 aromatic rings. The van der Waals surface area contributed by atoms with Crippen LogP contribution in [0.3, 0.4) is 0 Å². The van der Waals surface area contributed by atoms with Gasteiger partial charge in [-0.25, -0.2) is 0 Å². The van der Waals surface area contributed by atoms with Gasteiger partial charge < -0.3 is 14.2 Å². The Kier molecular flexibility index (Phi) is 44.5. The molecule has 0 aliphatic carbocycles. The molecule has 0 rings (SSSR count). The van der Waals surface area contributed by atoms with E-state index in [4.69, 9.17) is 14.2 Å². The van der Waals surface area contributed by atoms with Gasteiger partial charge in [0.25, 0.3) is 0 Å². The van der Waals surface area contributed by atoms with E-state index < -0.39 is 6.10 Å². The Morgan fingerprint density at radius 1 is 0.362 bits per heavy atom. The van der Waals surface area contributed by atoms with Gasteiger partial charge in [0.1, 0.15) is 13.2 Å². The molecule has 0 aromatic carbocycles. The fraction of sp³-hybridized carbons (Fsp3) is 0.750. The van der Waals surface area contributed by atoms with Gasteiger partial charge >= 0.3 is 17.9 Å². The fourth-order valence-corrected chi connectivity index (χ4v) is 6.64. The molecular weight excluding hydrogens is 721 g/mol. The Morgan fingerprint density at radius 3 is 1.05 bits per heavy atom. The number of rotatable bonds is 43. The minimum absolute atomic E-state index is 0.0759. The molecule has 0 saturated heterocycles. The van der Waals surface area contributed by atoms with Crippen molar-refractivity contribution in [3.05, 3.63) is 60.8 Å².